The quantitative estimate of drug-likeness (QED) is 0.731. The predicted molar refractivity (Wildman–Crippen MR) is 83.3 cm³/mol. The summed E-state index contributed by atoms with van der Waals surface area (Å²) in [7, 11) is 0. The molecule has 3 rings (SSSR count). The minimum atomic E-state index is 0.0371. The van der Waals surface area contributed by atoms with Gasteiger partial charge in [-0.3, -0.25) is 4.98 Å². The van der Waals surface area contributed by atoms with Crippen molar-refractivity contribution in [2.24, 2.45) is 0 Å². The summed E-state index contributed by atoms with van der Waals surface area (Å²) in [6.45, 7) is 3.05. The number of pyridine rings is 1. The molecule has 0 saturated carbocycles. The fraction of sp³-hybridized carbons (Fsp3) is 0.250. The Bertz CT molecular complexity index is 734. The SMILES string of the molecule is Cc1occc1-c1cc(NCc2ccncc2)n(CCO)n1. The number of hydrogen-bond acceptors (Lipinski definition) is 5. The molecule has 0 aliphatic heterocycles. The van der Waals surface area contributed by atoms with E-state index in [-0.39, 0.29) is 6.61 Å². The van der Waals surface area contributed by atoms with Crippen molar-refractivity contribution < 1.29 is 9.52 Å². The first-order valence-corrected chi connectivity index (χ1v) is 7.14. The summed E-state index contributed by atoms with van der Waals surface area (Å²) in [4.78, 5) is 4.01. The standard InChI is InChI=1S/C16H18N4O2/c1-12-14(4-9-22-12)15-10-16(20(19-15)7-8-21)18-11-13-2-5-17-6-3-13/h2-6,9-10,18,21H,7-8,11H2,1H3. The molecule has 3 heterocycles. The lowest BCUT2D eigenvalue weighted by molar-refractivity contribution is 0.270. The van der Waals surface area contributed by atoms with Crippen LogP contribution in [-0.4, -0.2) is 26.5 Å². The van der Waals surface area contributed by atoms with Crippen molar-refractivity contribution >= 4 is 5.82 Å². The van der Waals surface area contributed by atoms with Crippen molar-refractivity contribution in [1.82, 2.24) is 14.8 Å². The minimum Gasteiger partial charge on any atom is -0.469 e. The molecule has 114 valence electrons. The number of aliphatic hydroxyl groups excluding tert-OH is 1. The molecule has 3 aromatic heterocycles. The second-order valence-electron chi connectivity index (χ2n) is 4.96. The van der Waals surface area contributed by atoms with Crippen LogP contribution < -0.4 is 5.32 Å². The van der Waals surface area contributed by atoms with Gasteiger partial charge in [0, 0.05) is 30.6 Å². The Morgan fingerprint density at radius 2 is 2.09 bits per heavy atom. The third-order valence-electron chi connectivity index (χ3n) is 3.45. The predicted octanol–water partition coefficient (Wildman–Crippen LogP) is 2.45. The zero-order valence-corrected chi connectivity index (χ0v) is 12.4. The van der Waals surface area contributed by atoms with Gasteiger partial charge in [0.2, 0.25) is 0 Å². The van der Waals surface area contributed by atoms with E-state index in [2.05, 4.69) is 15.4 Å². The topological polar surface area (TPSA) is 76.1 Å². The molecule has 0 bridgehead atoms. The number of nitrogens with zero attached hydrogens (tertiary/aromatic N) is 3. The normalized spacial score (nSPS) is 10.8. The molecule has 0 saturated heterocycles. The third kappa shape index (κ3) is 3.01. The van der Waals surface area contributed by atoms with E-state index in [0.29, 0.717) is 13.1 Å². The van der Waals surface area contributed by atoms with Gasteiger partial charge in [0.1, 0.15) is 11.6 Å². The van der Waals surface area contributed by atoms with E-state index < -0.39 is 0 Å². The van der Waals surface area contributed by atoms with Crippen LogP contribution in [0, 0.1) is 6.92 Å². The van der Waals surface area contributed by atoms with Crippen molar-refractivity contribution in [3.63, 3.8) is 0 Å². The second-order valence-corrected chi connectivity index (χ2v) is 4.96. The van der Waals surface area contributed by atoms with E-state index in [1.807, 2.05) is 31.2 Å². The Labute approximate surface area is 128 Å². The minimum absolute atomic E-state index is 0.0371. The van der Waals surface area contributed by atoms with Crippen molar-refractivity contribution in [1.29, 1.82) is 0 Å². The number of hydrogen-bond donors (Lipinski definition) is 2. The lowest BCUT2D eigenvalue weighted by Crippen LogP contribution is -2.10. The second kappa shape index (κ2) is 6.44. The first-order valence-electron chi connectivity index (χ1n) is 7.14. The molecule has 0 atom stereocenters. The molecule has 0 aromatic carbocycles. The average molecular weight is 298 g/mol. The van der Waals surface area contributed by atoms with Crippen molar-refractivity contribution in [2.45, 2.75) is 20.0 Å². The summed E-state index contributed by atoms with van der Waals surface area (Å²) in [6, 6.07) is 7.78. The smallest absolute Gasteiger partial charge is 0.125 e. The first-order chi connectivity index (χ1) is 10.8. The van der Waals surface area contributed by atoms with E-state index in [9.17, 15) is 5.11 Å². The Balaban J connectivity index is 1.83. The van der Waals surface area contributed by atoms with Gasteiger partial charge in [-0.1, -0.05) is 0 Å². The lowest BCUT2D eigenvalue weighted by atomic mass is 10.2. The molecule has 0 spiro atoms. The monoisotopic (exact) mass is 298 g/mol. The number of aromatic nitrogens is 3. The van der Waals surface area contributed by atoms with Crippen LogP contribution in [-0.2, 0) is 13.1 Å². The van der Waals surface area contributed by atoms with Gasteiger partial charge < -0.3 is 14.8 Å². The fourth-order valence-corrected chi connectivity index (χ4v) is 2.30. The maximum Gasteiger partial charge on any atom is 0.125 e. The third-order valence-corrected chi connectivity index (χ3v) is 3.45. The molecule has 6 heteroatoms. The van der Waals surface area contributed by atoms with Gasteiger partial charge in [-0.15, -0.1) is 0 Å². The van der Waals surface area contributed by atoms with Crippen LogP contribution >= 0.6 is 0 Å². The number of nitrogens with one attached hydrogen (secondary N) is 1. The highest BCUT2D eigenvalue weighted by molar-refractivity contribution is 5.64. The number of furan rings is 1. The molecular formula is C16H18N4O2. The van der Waals surface area contributed by atoms with Crippen LogP contribution in [0.1, 0.15) is 11.3 Å². The van der Waals surface area contributed by atoms with E-state index in [0.717, 1.165) is 28.4 Å². The van der Waals surface area contributed by atoms with Crippen LogP contribution in [0.4, 0.5) is 5.82 Å². The Hall–Kier alpha value is -2.60. The van der Waals surface area contributed by atoms with Gasteiger partial charge in [-0.2, -0.15) is 5.10 Å². The summed E-state index contributed by atoms with van der Waals surface area (Å²) in [5, 5.41) is 17.1. The highest BCUT2D eigenvalue weighted by Crippen LogP contribution is 2.26. The fourth-order valence-electron chi connectivity index (χ4n) is 2.30. The van der Waals surface area contributed by atoms with Crippen molar-refractivity contribution in [3.05, 3.63) is 54.2 Å². The molecule has 22 heavy (non-hydrogen) atoms. The molecule has 3 aromatic rings. The maximum atomic E-state index is 9.21. The van der Waals surface area contributed by atoms with Crippen LogP contribution in [0.3, 0.4) is 0 Å². The van der Waals surface area contributed by atoms with Crippen LogP contribution in [0.5, 0.6) is 0 Å². The molecule has 0 fully saturated rings. The number of rotatable bonds is 6. The summed E-state index contributed by atoms with van der Waals surface area (Å²) >= 11 is 0. The molecule has 0 amide bonds. The molecular weight excluding hydrogens is 280 g/mol. The zero-order valence-electron chi connectivity index (χ0n) is 12.4. The summed E-state index contributed by atoms with van der Waals surface area (Å²) in [5.41, 5.74) is 2.92. The molecule has 0 unspecified atom stereocenters. The van der Waals surface area contributed by atoms with Gasteiger partial charge in [-0.05, 0) is 30.7 Å². The Morgan fingerprint density at radius 1 is 1.27 bits per heavy atom. The van der Waals surface area contributed by atoms with Crippen molar-refractivity contribution in [3.8, 4) is 11.3 Å². The molecule has 0 aliphatic rings. The molecule has 0 aliphatic carbocycles. The molecule has 6 nitrogen and oxygen atoms in total. The molecule has 0 radical (unpaired) electrons. The first kappa shape index (κ1) is 14.3. The Morgan fingerprint density at radius 3 is 2.77 bits per heavy atom. The van der Waals surface area contributed by atoms with E-state index >= 15 is 0 Å². The lowest BCUT2D eigenvalue weighted by Gasteiger charge is -2.08. The summed E-state index contributed by atoms with van der Waals surface area (Å²) in [5.74, 6) is 1.69. The van der Waals surface area contributed by atoms with E-state index in [1.54, 1.807) is 23.3 Å². The summed E-state index contributed by atoms with van der Waals surface area (Å²) < 4.78 is 7.10. The highest BCUT2D eigenvalue weighted by Gasteiger charge is 2.12. The van der Waals surface area contributed by atoms with Gasteiger partial charge in [0.15, 0.2) is 0 Å². The largest absolute Gasteiger partial charge is 0.469 e. The van der Waals surface area contributed by atoms with E-state index in [4.69, 9.17) is 4.42 Å². The zero-order chi connectivity index (χ0) is 15.4. The van der Waals surface area contributed by atoms with E-state index in [1.165, 1.54) is 0 Å². The number of aliphatic hydroxyl groups is 1. The molecule has 2 N–H and O–H groups in total. The van der Waals surface area contributed by atoms with Gasteiger partial charge in [0.05, 0.1) is 25.1 Å². The van der Waals surface area contributed by atoms with Gasteiger partial charge >= 0.3 is 0 Å². The maximum absolute atomic E-state index is 9.21. The van der Waals surface area contributed by atoms with Crippen molar-refractivity contribution in [2.75, 3.05) is 11.9 Å². The van der Waals surface area contributed by atoms with Crippen LogP contribution in [0.25, 0.3) is 11.3 Å². The van der Waals surface area contributed by atoms with Gasteiger partial charge in [0.25, 0.3) is 0 Å². The van der Waals surface area contributed by atoms with Crippen LogP contribution in [0.2, 0.25) is 0 Å². The summed E-state index contributed by atoms with van der Waals surface area (Å²) in [6.07, 6.45) is 5.18. The number of anilines is 1. The Kier molecular flexibility index (Phi) is 4.20. The number of aryl methyl sites for hydroxylation is 1. The van der Waals surface area contributed by atoms with Crippen LogP contribution in [0.15, 0.2) is 47.3 Å². The van der Waals surface area contributed by atoms with Gasteiger partial charge in [-0.25, -0.2) is 4.68 Å². The highest BCUT2D eigenvalue weighted by atomic mass is 16.3. The average Bonchev–Trinajstić information content (AvgIpc) is 3.13.